The first-order valence-corrected chi connectivity index (χ1v) is 9.24. The molecule has 0 bridgehead atoms. The van der Waals surface area contributed by atoms with E-state index in [0.29, 0.717) is 18.1 Å². The highest BCUT2D eigenvalue weighted by Gasteiger charge is 2.17. The van der Waals surface area contributed by atoms with Crippen molar-refractivity contribution in [3.63, 3.8) is 0 Å². The highest BCUT2D eigenvalue weighted by molar-refractivity contribution is 5.58. The Balaban J connectivity index is 1.57. The number of aromatic nitrogens is 4. The van der Waals surface area contributed by atoms with Gasteiger partial charge in [0.2, 0.25) is 5.78 Å². The largest absolute Gasteiger partial charge is 0.497 e. The van der Waals surface area contributed by atoms with Gasteiger partial charge in [0.25, 0.3) is 5.56 Å². The summed E-state index contributed by atoms with van der Waals surface area (Å²) in [5.74, 6) is 1.75. The van der Waals surface area contributed by atoms with Crippen LogP contribution in [0.4, 0.5) is 0 Å². The van der Waals surface area contributed by atoms with Crippen molar-refractivity contribution in [3.05, 3.63) is 46.4 Å². The summed E-state index contributed by atoms with van der Waals surface area (Å²) in [6.45, 7) is 8.13. The predicted octanol–water partition coefficient (Wildman–Crippen LogP) is 1.23. The summed E-state index contributed by atoms with van der Waals surface area (Å²) in [6.07, 6.45) is 0. The Bertz CT molecular complexity index is 970. The Morgan fingerprint density at radius 3 is 2.48 bits per heavy atom. The number of rotatable bonds is 5. The van der Waals surface area contributed by atoms with Gasteiger partial charge in [-0.2, -0.15) is 9.50 Å². The second-order valence-electron chi connectivity index (χ2n) is 6.74. The Kier molecular flexibility index (Phi) is 4.91. The highest BCUT2D eigenvalue weighted by atomic mass is 16.5. The van der Waals surface area contributed by atoms with E-state index in [2.05, 4.69) is 31.8 Å². The van der Waals surface area contributed by atoms with Crippen LogP contribution in [0.3, 0.4) is 0 Å². The number of hydrogen-bond donors (Lipinski definition) is 1. The van der Waals surface area contributed by atoms with Crippen LogP contribution in [-0.4, -0.2) is 69.2 Å². The van der Waals surface area contributed by atoms with Crippen LogP contribution >= 0.6 is 0 Å². The third-order valence-corrected chi connectivity index (χ3v) is 5.04. The van der Waals surface area contributed by atoms with Gasteiger partial charge in [-0.15, -0.1) is 5.10 Å². The maximum absolute atomic E-state index is 12.5. The fraction of sp³-hybridized carbons (Fsp3) is 0.421. The minimum absolute atomic E-state index is 0.168. The van der Waals surface area contributed by atoms with Crippen LogP contribution in [0.1, 0.15) is 12.6 Å². The smallest absolute Gasteiger partial charge is 0.275 e. The minimum Gasteiger partial charge on any atom is -0.497 e. The first-order chi connectivity index (χ1) is 13.2. The van der Waals surface area contributed by atoms with Crippen molar-refractivity contribution >= 4 is 5.78 Å². The zero-order chi connectivity index (χ0) is 18.8. The number of aromatic amines is 1. The van der Waals surface area contributed by atoms with Gasteiger partial charge in [0.15, 0.2) is 5.82 Å². The molecule has 2 aromatic heterocycles. The third kappa shape index (κ3) is 3.72. The molecule has 1 saturated heterocycles. The lowest BCUT2D eigenvalue weighted by Crippen LogP contribution is -2.45. The standard InChI is InChI=1S/C19H24N6O2/c1-3-23-8-10-24(11-9-23)13-15-12-17(26)25-19(20-15)21-18(22-25)14-4-6-16(27-2)7-5-14/h4-7,12H,3,8-11,13H2,1-2H3,(H,20,21,22). The molecular weight excluding hydrogens is 344 g/mol. The summed E-state index contributed by atoms with van der Waals surface area (Å²) in [7, 11) is 1.63. The molecule has 1 fully saturated rings. The molecule has 0 saturated carbocycles. The lowest BCUT2D eigenvalue weighted by Gasteiger charge is -2.33. The van der Waals surface area contributed by atoms with Gasteiger partial charge in [0.05, 0.1) is 7.11 Å². The van der Waals surface area contributed by atoms with Crippen LogP contribution in [0.15, 0.2) is 35.1 Å². The van der Waals surface area contributed by atoms with E-state index in [1.807, 2.05) is 24.3 Å². The quantitative estimate of drug-likeness (QED) is 0.730. The molecule has 0 atom stereocenters. The highest BCUT2D eigenvalue weighted by Crippen LogP contribution is 2.19. The molecular formula is C19H24N6O2. The van der Waals surface area contributed by atoms with Crippen LogP contribution in [0, 0.1) is 0 Å². The normalized spacial score (nSPS) is 16.1. The topological polar surface area (TPSA) is 78.8 Å². The van der Waals surface area contributed by atoms with Gasteiger partial charge in [-0.05, 0) is 30.8 Å². The molecule has 4 rings (SSSR count). The molecule has 1 aliphatic rings. The molecule has 8 nitrogen and oxygen atoms in total. The van der Waals surface area contributed by atoms with Gasteiger partial charge in [0, 0.05) is 50.0 Å². The first kappa shape index (κ1) is 17.7. The fourth-order valence-corrected chi connectivity index (χ4v) is 3.39. The van der Waals surface area contributed by atoms with Crippen molar-refractivity contribution in [2.24, 2.45) is 0 Å². The third-order valence-electron chi connectivity index (χ3n) is 5.04. The summed E-state index contributed by atoms with van der Waals surface area (Å²) in [5, 5.41) is 4.35. The summed E-state index contributed by atoms with van der Waals surface area (Å²) in [4.78, 5) is 25.0. The maximum Gasteiger partial charge on any atom is 0.275 e. The van der Waals surface area contributed by atoms with Crippen molar-refractivity contribution in [3.8, 4) is 17.1 Å². The molecule has 0 spiro atoms. The number of fused-ring (bicyclic) bond motifs is 1. The van der Waals surface area contributed by atoms with Gasteiger partial charge in [-0.25, -0.2) is 0 Å². The van der Waals surface area contributed by atoms with Crippen molar-refractivity contribution in [1.29, 1.82) is 0 Å². The van der Waals surface area contributed by atoms with Crippen molar-refractivity contribution < 1.29 is 4.74 Å². The Morgan fingerprint density at radius 1 is 1.11 bits per heavy atom. The predicted molar refractivity (Wildman–Crippen MR) is 103 cm³/mol. The van der Waals surface area contributed by atoms with Gasteiger partial charge < -0.3 is 14.6 Å². The summed E-state index contributed by atoms with van der Waals surface area (Å²) < 4.78 is 6.49. The molecule has 0 radical (unpaired) electrons. The van der Waals surface area contributed by atoms with E-state index in [1.165, 1.54) is 4.52 Å². The van der Waals surface area contributed by atoms with E-state index in [-0.39, 0.29) is 5.56 Å². The Morgan fingerprint density at radius 2 is 1.81 bits per heavy atom. The first-order valence-electron chi connectivity index (χ1n) is 9.24. The van der Waals surface area contributed by atoms with Crippen molar-refractivity contribution in [2.45, 2.75) is 13.5 Å². The van der Waals surface area contributed by atoms with Crippen LogP contribution in [-0.2, 0) is 6.54 Å². The molecule has 3 heterocycles. The monoisotopic (exact) mass is 368 g/mol. The van der Waals surface area contributed by atoms with Gasteiger partial charge in [-0.1, -0.05) is 6.92 Å². The number of piperazine rings is 1. The lowest BCUT2D eigenvalue weighted by molar-refractivity contribution is 0.131. The van der Waals surface area contributed by atoms with E-state index in [4.69, 9.17) is 4.74 Å². The molecule has 0 amide bonds. The molecule has 8 heteroatoms. The van der Waals surface area contributed by atoms with Crippen LogP contribution in [0.25, 0.3) is 17.2 Å². The fourth-order valence-electron chi connectivity index (χ4n) is 3.39. The van der Waals surface area contributed by atoms with Gasteiger partial charge in [0.1, 0.15) is 5.75 Å². The number of H-pyrrole nitrogens is 1. The molecule has 3 aromatic rings. The number of methoxy groups -OCH3 is 1. The second-order valence-corrected chi connectivity index (χ2v) is 6.74. The zero-order valence-electron chi connectivity index (χ0n) is 15.7. The number of hydrogen-bond acceptors (Lipinski definition) is 6. The maximum atomic E-state index is 12.5. The van der Waals surface area contributed by atoms with Crippen LogP contribution in [0.2, 0.25) is 0 Å². The minimum atomic E-state index is -0.168. The van der Waals surface area contributed by atoms with E-state index in [0.717, 1.165) is 49.7 Å². The Hall–Kier alpha value is -2.71. The van der Waals surface area contributed by atoms with Gasteiger partial charge in [-0.3, -0.25) is 9.69 Å². The summed E-state index contributed by atoms with van der Waals surface area (Å²) in [5.41, 5.74) is 1.54. The lowest BCUT2D eigenvalue weighted by atomic mass is 10.2. The zero-order valence-corrected chi connectivity index (χ0v) is 15.7. The van der Waals surface area contributed by atoms with E-state index in [9.17, 15) is 4.79 Å². The van der Waals surface area contributed by atoms with Crippen LogP contribution in [0.5, 0.6) is 5.75 Å². The van der Waals surface area contributed by atoms with Crippen molar-refractivity contribution in [1.82, 2.24) is 29.4 Å². The molecule has 1 aliphatic heterocycles. The molecule has 142 valence electrons. The average molecular weight is 368 g/mol. The van der Waals surface area contributed by atoms with Crippen LogP contribution < -0.4 is 10.3 Å². The van der Waals surface area contributed by atoms with E-state index >= 15 is 0 Å². The molecule has 0 unspecified atom stereocenters. The number of nitrogens with one attached hydrogen (secondary N) is 1. The Labute approximate surface area is 157 Å². The summed E-state index contributed by atoms with van der Waals surface area (Å²) in [6, 6.07) is 9.08. The van der Waals surface area contributed by atoms with E-state index in [1.54, 1.807) is 13.2 Å². The molecule has 0 aliphatic carbocycles. The SMILES string of the molecule is CCN1CCN(Cc2cc(=O)n3nc(-c4ccc(OC)cc4)nc3[nH]2)CC1. The number of likely N-dealkylation sites (N-methyl/N-ethyl adjacent to an activating group) is 1. The number of ether oxygens (including phenoxy) is 1. The molecule has 27 heavy (non-hydrogen) atoms. The van der Waals surface area contributed by atoms with Gasteiger partial charge >= 0.3 is 0 Å². The molecule has 1 aromatic carbocycles. The average Bonchev–Trinajstić information content (AvgIpc) is 3.13. The van der Waals surface area contributed by atoms with E-state index < -0.39 is 0 Å². The second kappa shape index (κ2) is 7.50. The number of nitrogens with zero attached hydrogens (tertiary/aromatic N) is 5. The molecule has 1 N–H and O–H groups in total. The number of benzene rings is 1. The summed E-state index contributed by atoms with van der Waals surface area (Å²) >= 11 is 0. The van der Waals surface area contributed by atoms with Crippen molar-refractivity contribution in [2.75, 3.05) is 39.8 Å².